The first kappa shape index (κ1) is 40.3. The number of halogens is 2. The van der Waals surface area contributed by atoms with Crippen molar-refractivity contribution in [3.8, 4) is 0 Å². The van der Waals surface area contributed by atoms with Gasteiger partial charge < -0.3 is 25.3 Å². The Morgan fingerprint density at radius 3 is 2.35 bits per heavy atom. The van der Waals surface area contributed by atoms with Crippen molar-refractivity contribution >= 4 is 34.9 Å². The van der Waals surface area contributed by atoms with Gasteiger partial charge in [0.1, 0.15) is 29.1 Å². The molecule has 3 saturated heterocycles. The lowest BCUT2D eigenvalue weighted by Crippen LogP contribution is -2.47. The van der Waals surface area contributed by atoms with Gasteiger partial charge in [-0.15, -0.1) is 0 Å². The number of aromatic nitrogens is 3. The number of nitrogens with zero attached hydrogens (tertiary/aromatic N) is 6. The van der Waals surface area contributed by atoms with Gasteiger partial charge in [-0.25, -0.2) is 18.3 Å². The number of piperazine rings is 1. The molecule has 3 aliphatic rings. The van der Waals surface area contributed by atoms with Crippen LogP contribution in [0.15, 0.2) is 60.9 Å². The van der Waals surface area contributed by atoms with E-state index in [-0.39, 0.29) is 29.8 Å². The van der Waals surface area contributed by atoms with Gasteiger partial charge in [0.15, 0.2) is 5.65 Å². The quantitative estimate of drug-likeness (QED) is 0.0838. The molecule has 14 heteroatoms. The molecule has 4 aromatic rings. The fraction of sp³-hybridized carbons (Fsp3) is 0.512. The Morgan fingerprint density at radius 1 is 0.842 bits per heavy atom. The average Bonchev–Trinajstić information content (AvgIpc) is 3.88. The second kappa shape index (κ2) is 19.5. The number of nitrogens with one attached hydrogen (secondary N) is 3. The minimum atomic E-state index is -0.466. The van der Waals surface area contributed by atoms with Crippen molar-refractivity contribution in [3.63, 3.8) is 0 Å². The normalized spacial score (nSPS) is 19.3. The van der Waals surface area contributed by atoms with Crippen molar-refractivity contribution < 1.29 is 23.2 Å². The molecule has 0 bridgehead atoms. The third kappa shape index (κ3) is 10.7. The van der Waals surface area contributed by atoms with E-state index in [1.54, 1.807) is 16.8 Å². The van der Waals surface area contributed by atoms with E-state index in [1.807, 2.05) is 17.0 Å². The van der Waals surface area contributed by atoms with E-state index < -0.39 is 11.6 Å². The summed E-state index contributed by atoms with van der Waals surface area (Å²) in [6.45, 7) is 7.97. The summed E-state index contributed by atoms with van der Waals surface area (Å²) in [5, 5.41) is 13.0. The maximum Gasteiger partial charge on any atom is 0.256 e. The van der Waals surface area contributed by atoms with Crippen LogP contribution in [0, 0.1) is 11.6 Å². The number of amides is 3. The first-order valence-corrected chi connectivity index (χ1v) is 20.8. The fourth-order valence-corrected chi connectivity index (χ4v) is 8.32. The summed E-state index contributed by atoms with van der Waals surface area (Å²) in [7, 11) is 0. The van der Waals surface area contributed by atoms with Crippen LogP contribution in [0.2, 0.25) is 0 Å². The van der Waals surface area contributed by atoms with Crippen molar-refractivity contribution in [2.75, 3.05) is 62.6 Å². The number of carbonyl (C=O) groups excluding carboxylic acids is 3. The molecule has 3 fully saturated rings. The van der Waals surface area contributed by atoms with E-state index in [4.69, 9.17) is 4.98 Å². The second-order valence-corrected chi connectivity index (χ2v) is 15.6. The zero-order valence-corrected chi connectivity index (χ0v) is 32.7. The maximum absolute atomic E-state index is 14.6. The predicted octanol–water partition coefficient (Wildman–Crippen LogP) is 5.89. The molecule has 2 atom stereocenters. The highest BCUT2D eigenvalue weighted by Crippen LogP contribution is 2.37. The number of rotatable bonds is 18. The van der Waals surface area contributed by atoms with Crippen LogP contribution < -0.4 is 20.9 Å². The minimum absolute atomic E-state index is 0.201. The summed E-state index contributed by atoms with van der Waals surface area (Å²) >= 11 is 0. The van der Waals surface area contributed by atoms with E-state index in [9.17, 15) is 23.2 Å². The minimum Gasteiger partial charge on any atom is -0.374 e. The van der Waals surface area contributed by atoms with Crippen LogP contribution in [0.5, 0.6) is 0 Å². The van der Waals surface area contributed by atoms with Crippen LogP contribution in [0.3, 0.4) is 0 Å². The molecule has 0 radical (unpaired) electrons. The van der Waals surface area contributed by atoms with Crippen LogP contribution >= 0.6 is 0 Å². The number of hydrogen-bond donors (Lipinski definition) is 3. The molecule has 3 N–H and O–H groups in total. The number of hydrogen-bond acceptors (Lipinski definition) is 9. The van der Waals surface area contributed by atoms with Crippen molar-refractivity contribution in [2.45, 2.75) is 89.1 Å². The first-order valence-electron chi connectivity index (χ1n) is 20.8. The topological polar surface area (TPSA) is 127 Å². The van der Waals surface area contributed by atoms with Gasteiger partial charge in [-0.3, -0.25) is 19.7 Å². The van der Waals surface area contributed by atoms with Crippen molar-refractivity contribution in [1.29, 1.82) is 0 Å². The molecule has 0 spiro atoms. The fourth-order valence-electron chi connectivity index (χ4n) is 8.32. The van der Waals surface area contributed by atoms with E-state index in [0.717, 1.165) is 89.5 Å². The highest BCUT2D eigenvalue weighted by molar-refractivity contribution is 6.01. The van der Waals surface area contributed by atoms with Crippen molar-refractivity contribution in [3.05, 3.63) is 89.2 Å². The molecule has 1 unspecified atom stereocenters. The molecule has 2 aromatic heterocycles. The van der Waals surface area contributed by atoms with Gasteiger partial charge in [-0.1, -0.05) is 37.8 Å². The number of carbonyl (C=O) groups is 3. The van der Waals surface area contributed by atoms with Crippen LogP contribution in [0.4, 0.5) is 20.3 Å². The van der Waals surface area contributed by atoms with Gasteiger partial charge in [0.2, 0.25) is 11.8 Å². The highest BCUT2D eigenvalue weighted by atomic mass is 19.1. The van der Waals surface area contributed by atoms with Crippen LogP contribution in [0.1, 0.15) is 98.2 Å². The molecule has 0 aliphatic carbocycles. The van der Waals surface area contributed by atoms with E-state index >= 15 is 0 Å². The number of unbranched alkanes of at least 4 members (excludes halogenated alkanes) is 5. The van der Waals surface area contributed by atoms with Gasteiger partial charge in [0.25, 0.3) is 5.91 Å². The third-order valence-corrected chi connectivity index (χ3v) is 11.6. The molecular formula is C43H55F2N9O3. The number of imide groups is 1. The van der Waals surface area contributed by atoms with Crippen LogP contribution in [-0.4, -0.2) is 101 Å². The Hall–Kier alpha value is -4.95. The molecule has 3 amide bonds. The SMILES string of the molecule is O=C1CCC(Nc2ccc(CCCN3CCN(CCCCCCCCNC(=O)c4cnn5ccc(N6CCC[C@@H]6c6cc(F)ccc6F)nc45)CC3)cc2)C(=O)N1. The average molecular weight is 784 g/mol. The van der Waals surface area contributed by atoms with Crippen LogP contribution in [-0.2, 0) is 16.0 Å². The Bertz CT molecular complexity index is 1980. The van der Waals surface area contributed by atoms with Gasteiger partial charge in [-0.05, 0) is 100.0 Å². The Morgan fingerprint density at radius 2 is 1.58 bits per heavy atom. The molecule has 12 nitrogen and oxygen atoms in total. The lowest BCUT2D eigenvalue weighted by atomic mass is 10.0. The van der Waals surface area contributed by atoms with E-state index in [1.165, 1.54) is 43.2 Å². The van der Waals surface area contributed by atoms with Crippen molar-refractivity contribution in [2.24, 2.45) is 0 Å². The third-order valence-electron chi connectivity index (χ3n) is 11.6. The number of fused-ring (bicyclic) bond motifs is 1. The molecule has 5 heterocycles. The molecule has 7 rings (SSSR count). The molecule has 57 heavy (non-hydrogen) atoms. The predicted molar refractivity (Wildman–Crippen MR) is 216 cm³/mol. The molecule has 0 saturated carbocycles. The molecule has 3 aliphatic heterocycles. The largest absolute Gasteiger partial charge is 0.374 e. The number of anilines is 2. The zero-order chi connectivity index (χ0) is 39.6. The highest BCUT2D eigenvalue weighted by Gasteiger charge is 2.30. The zero-order valence-electron chi connectivity index (χ0n) is 32.7. The van der Waals surface area contributed by atoms with Crippen molar-refractivity contribution in [1.82, 2.24) is 35.0 Å². The van der Waals surface area contributed by atoms with Crippen LogP contribution in [0.25, 0.3) is 5.65 Å². The number of aryl methyl sites for hydroxylation is 1. The molecule has 2 aromatic carbocycles. The van der Waals surface area contributed by atoms with E-state index in [2.05, 4.69) is 43.0 Å². The number of piperidine rings is 1. The summed E-state index contributed by atoms with van der Waals surface area (Å²) in [6.07, 6.45) is 14.6. The summed E-state index contributed by atoms with van der Waals surface area (Å²) < 4.78 is 30.2. The lowest BCUT2D eigenvalue weighted by Gasteiger charge is -2.34. The van der Waals surface area contributed by atoms with Gasteiger partial charge >= 0.3 is 0 Å². The van der Waals surface area contributed by atoms with Gasteiger partial charge in [-0.2, -0.15) is 5.10 Å². The maximum atomic E-state index is 14.6. The van der Waals surface area contributed by atoms with Gasteiger partial charge in [0, 0.05) is 63.1 Å². The molecule has 304 valence electrons. The monoisotopic (exact) mass is 783 g/mol. The first-order chi connectivity index (χ1) is 27.8. The second-order valence-electron chi connectivity index (χ2n) is 15.6. The van der Waals surface area contributed by atoms with Gasteiger partial charge in [0.05, 0.1) is 12.2 Å². The summed E-state index contributed by atoms with van der Waals surface area (Å²) in [4.78, 5) is 48.4. The molecular weight excluding hydrogens is 729 g/mol. The lowest BCUT2D eigenvalue weighted by molar-refractivity contribution is -0.133. The Labute approximate surface area is 333 Å². The summed E-state index contributed by atoms with van der Waals surface area (Å²) in [5.74, 6) is -0.949. The number of benzene rings is 2. The smallest absolute Gasteiger partial charge is 0.256 e. The summed E-state index contributed by atoms with van der Waals surface area (Å²) in [6, 6.07) is 13.0. The Balaban J connectivity index is 0.727. The summed E-state index contributed by atoms with van der Waals surface area (Å²) in [5.41, 5.74) is 3.36. The standard InChI is InChI=1S/C43H55F2N9O3/c44-32-13-16-36(45)34(29-32)38-10-8-23-53(38)39-19-24-54-41(49-39)35(30-47-54)42(56)46-20-5-3-1-2-4-6-21-51-25-27-52(28-26-51)22-7-9-31-11-14-33(15-12-31)48-37-17-18-40(55)50-43(37)57/h11-16,19,24,29-30,37-38,48H,1-10,17-18,20-23,25-28H2,(H,46,56)(H,50,55,57)/t37?,38-/m1/s1. The Kier molecular flexibility index (Phi) is 13.7. The van der Waals surface area contributed by atoms with E-state index in [0.29, 0.717) is 54.9 Å².